The molecule has 0 saturated carbocycles. The van der Waals surface area contributed by atoms with E-state index >= 15 is 0 Å². The Morgan fingerprint density at radius 2 is 1.31 bits per heavy atom. The highest BCUT2D eigenvalue weighted by atomic mass is 32.2. The van der Waals surface area contributed by atoms with E-state index in [9.17, 15) is 55.0 Å². The van der Waals surface area contributed by atoms with Crippen LogP contribution in [0.4, 0.5) is 16.2 Å². The second-order valence-corrected chi connectivity index (χ2v) is 28.5. The van der Waals surface area contributed by atoms with Gasteiger partial charge in [-0.05, 0) is 141 Å². The maximum Gasteiger partial charge on any atom is 0.315 e. The van der Waals surface area contributed by atoms with Gasteiger partial charge in [-0.25, -0.2) is 4.79 Å². The van der Waals surface area contributed by atoms with Crippen molar-refractivity contribution in [2.24, 2.45) is 0 Å². The van der Waals surface area contributed by atoms with E-state index in [1.165, 1.54) is 46.9 Å². The minimum Gasteiger partial charge on any atom is -0.481 e. The summed E-state index contributed by atoms with van der Waals surface area (Å²) in [6.45, 7) is 10.1. The van der Waals surface area contributed by atoms with E-state index in [2.05, 4.69) is 26.2 Å². The molecule has 2 aromatic heterocycles. The van der Waals surface area contributed by atoms with E-state index in [1.807, 2.05) is 105 Å². The minimum atomic E-state index is -4.46. The van der Waals surface area contributed by atoms with Crippen LogP contribution in [0, 0.1) is 0 Å². The first-order chi connectivity index (χ1) is 42.8. The van der Waals surface area contributed by atoms with Gasteiger partial charge in [0.15, 0.2) is 17.2 Å². The van der Waals surface area contributed by atoms with E-state index in [1.54, 1.807) is 35.2 Å². The molecule has 482 valence electrons. The number of aliphatic carboxylic acids is 1. The number of urea groups is 1. The van der Waals surface area contributed by atoms with Crippen molar-refractivity contribution in [3.05, 3.63) is 152 Å². The van der Waals surface area contributed by atoms with Crippen molar-refractivity contribution in [2.75, 3.05) is 38.4 Å². The number of hydrogen-bond acceptors (Lipinski definition) is 14. The number of carboxylic acids is 1. The molecule has 3 aliphatic heterocycles. The number of unbranched alkanes of at least 4 members (excludes halogenated alkanes) is 5. The summed E-state index contributed by atoms with van der Waals surface area (Å²) >= 11 is 3.05. The van der Waals surface area contributed by atoms with E-state index in [0.29, 0.717) is 94.7 Å². The fraction of sp³-hybridized carbons (Fsp3) is 0.415. The quantitative estimate of drug-likeness (QED) is 0.00912. The number of carbonyl (C=O) groups excluding carboxylic acids is 4. The molecule has 0 spiro atoms. The van der Waals surface area contributed by atoms with Gasteiger partial charge in [0.1, 0.15) is 13.1 Å². The number of thiophene rings is 2. The number of hydrogen-bond donors (Lipinski definition) is 7. The smallest absolute Gasteiger partial charge is 0.315 e. The Labute approximate surface area is 534 Å². The van der Waals surface area contributed by atoms with Crippen LogP contribution in [0.15, 0.2) is 135 Å². The van der Waals surface area contributed by atoms with Crippen LogP contribution >= 0.6 is 22.7 Å². The van der Waals surface area contributed by atoms with Crippen molar-refractivity contribution >= 4 is 89.7 Å². The van der Waals surface area contributed by atoms with Crippen LogP contribution in [-0.4, -0.2) is 115 Å². The SMILES string of the molecule is C[N+]1=C(/C=C/C=C/C=C2/N(CCCCCC(=O)NCCCCCC(=O)NCCCC[C@H](NC(=O)N[C@@H](CC(=O)O)c3ccc4c(c3)OCO4)C(=O)N(Cc3cccs3)Cc3cccs3)c3ccc(S(=O)(=O)O)cc3C2(C)C)C(C)(C)c2cc(S(=O)(=O)O)ccc21. The van der Waals surface area contributed by atoms with Gasteiger partial charge in [-0.3, -0.25) is 28.3 Å². The molecule has 0 radical (unpaired) electrons. The monoisotopic (exact) mass is 1310 g/mol. The van der Waals surface area contributed by atoms with Crippen LogP contribution in [0.5, 0.6) is 11.5 Å². The molecule has 3 aromatic carbocycles. The molecule has 3 aliphatic rings. The molecule has 7 N–H and O–H groups in total. The van der Waals surface area contributed by atoms with Gasteiger partial charge in [-0.2, -0.15) is 21.4 Å². The number of nitrogens with zero attached hydrogens (tertiary/aromatic N) is 3. The highest BCUT2D eigenvalue weighted by Crippen LogP contribution is 2.49. The van der Waals surface area contributed by atoms with Crippen LogP contribution in [0.25, 0.3) is 0 Å². The van der Waals surface area contributed by atoms with E-state index in [-0.39, 0.29) is 40.7 Å². The standard InChI is InChI=1S/C65H79N7O14S4/c1-64(2)49-38-47(89(79,80)81)27-29-53(49)70(5)57(64)22-9-6-10-23-58-65(3,4)50-39-48(90(82,83)84)28-30-54(50)72(58)34-16-8-12-25-60(74)66-32-14-7-11-24-59(73)67-33-15-13-21-51(62(77)71(41-45-19-17-35-87-45)42-46-20-18-36-88-46)68-63(78)69-52(40-61(75)76)44-26-31-55-56(37-44)86-43-85-55/h6,9-10,17-20,22-23,26-31,35-39,51-52H,7-8,11-16,21,24-25,32-34,40-43H2,1-5H3,(H6-,66,67,68,69,73,74,75,76,78,79,80,81,82,83,84)/p+1/t51-,52-/m0/s1. The van der Waals surface area contributed by atoms with Crippen LogP contribution in [0.2, 0.25) is 0 Å². The van der Waals surface area contributed by atoms with Crippen LogP contribution in [-0.2, 0) is 63.3 Å². The summed E-state index contributed by atoms with van der Waals surface area (Å²) < 4.78 is 80.8. The summed E-state index contributed by atoms with van der Waals surface area (Å²) in [5.41, 5.74) is 4.28. The second-order valence-electron chi connectivity index (χ2n) is 23.6. The van der Waals surface area contributed by atoms with Crippen molar-refractivity contribution in [1.29, 1.82) is 0 Å². The number of nitrogens with one attached hydrogen (secondary N) is 4. The van der Waals surface area contributed by atoms with Gasteiger partial charge in [-0.15, -0.1) is 22.7 Å². The number of carbonyl (C=O) groups is 5. The first-order valence-electron chi connectivity index (χ1n) is 30.0. The molecule has 8 rings (SSSR count). The summed E-state index contributed by atoms with van der Waals surface area (Å²) in [6, 6.07) is 19.2. The maximum absolute atomic E-state index is 14.4. The third kappa shape index (κ3) is 17.8. The van der Waals surface area contributed by atoms with E-state index in [4.69, 9.17) is 9.47 Å². The van der Waals surface area contributed by atoms with Gasteiger partial charge in [-0.1, -0.05) is 63.1 Å². The fourth-order valence-corrected chi connectivity index (χ4v) is 14.1. The van der Waals surface area contributed by atoms with Gasteiger partial charge >= 0.3 is 12.0 Å². The normalized spacial score (nSPS) is 15.9. The predicted molar refractivity (Wildman–Crippen MR) is 346 cm³/mol. The summed E-state index contributed by atoms with van der Waals surface area (Å²) in [5, 5.41) is 25.2. The van der Waals surface area contributed by atoms with Gasteiger partial charge in [0.2, 0.25) is 30.2 Å². The largest absolute Gasteiger partial charge is 0.481 e. The predicted octanol–water partition coefficient (Wildman–Crippen LogP) is 10.5. The average Bonchev–Trinajstić information content (AvgIpc) is 1.60. The summed E-state index contributed by atoms with van der Waals surface area (Å²) in [6.07, 6.45) is 15.3. The lowest BCUT2D eigenvalue weighted by molar-refractivity contribution is -0.401. The number of carboxylic acid groups (broad SMARTS) is 1. The first kappa shape index (κ1) is 68.2. The Morgan fingerprint density at radius 3 is 1.93 bits per heavy atom. The molecular formula is C65H80N7O14S4+. The number of anilines is 1. The lowest BCUT2D eigenvalue weighted by Gasteiger charge is -2.28. The third-order valence-electron chi connectivity index (χ3n) is 16.4. The highest BCUT2D eigenvalue weighted by Gasteiger charge is 2.44. The lowest BCUT2D eigenvalue weighted by Crippen LogP contribution is -2.51. The van der Waals surface area contributed by atoms with Gasteiger partial charge < -0.3 is 45.6 Å². The number of ether oxygens (including phenoxy) is 2. The van der Waals surface area contributed by atoms with E-state index in [0.717, 1.165) is 62.9 Å². The molecule has 0 saturated heterocycles. The average molecular weight is 1310 g/mol. The van der Waals surface area contributed by atoms with Crippen LogP contribution in [0.3, 0.4) is 0 Å². The summed E-state index contributed by atoms with van der Waals surface area (Å²) in [4.78, 5) is 71.3. The van der Waals surface area contributed by atoms with Crippen molar-refractivity contribution < 1.29 is 69.1 Å². The molecule has 5 amide bonds. The van der Waals surface area contributed by atoms with Gasteiger partial charge in [0.25, 0.3) is 20.2 Å². The maximum atomic E-state index is 14.4. The molecule has 5 heterocycles. The number of rotatable bonds is 32. The number of amides is 5. The van der Waals surface area contributed by atoms with Crippen molar-refractivity contribution in [1.82, 2.24) is 26.2 Å². The molecule has 21 nitrogen and oxygen atoms in total. The number of allylic oxidation sites excluding steroid dienone is 6. The number of benzene rings is 3. The summed E-state index contributed by atoms with van der Waals surface area (Å²) in [7, 11) is -6.94. The zero-order chi connectivity index (χ0) is 64.8. The Kier molecular flexibility index (Phi) is 23.1. The molecule has 5 aromatic rings. The first-order valence-corrected chi connectivity index (χ1v) is 34.7. The Hall–Kier alpha value is -7.68. The summed E-state index contributed by atoms with van der Waals surface area (Å²) in [5.74, 6) is -0.660. The number of fused-ring (bicyclic) bond motifs is 3. The van der Waals surface area contributed by atoms with Gasteiger partial charge in [0, 0.05) is 76.7 Å². The van der Waals surface area contributed by atoms with Crippen molar-refractivity contribution in [3.8, 4) is 11.5 Å². The fourth-order valence-electron chi connectivity index (χ4n) is 11.6. The third-order valence-corrected chi connectivity index (χ3v) is 19.8. The molecule has 0 fully saturated rings. The minimum absolute atomic E-state index is 0.0257. The Bertz CT molecular complexity index is 3730. The molecule has 0 unspecified atom stereocenters. The van der Waals surface area contributed by atoms with Crippen LogP contribution < -0.4 is 35.6 Å². The molecule has 2 atom stereocenters. The molecule has 0 aliphatic carbocycles. The second kappa shape index (κ2) is 30.4. The molecule has 90 heavy (non-hydrogen) atoms. The topological polar surface area (TPSA) is 290 Å². The van der Waals surface area contributed by atoms with Crippen molar-refractivity contribution in [2.45, 2.75) is 151 Å². The lowest BCUT2D eigenvalue weighted by atomic mass is 9.81. The molecule has 0 bridgehead atoms. The zero-order valence-electron chi connectivity index (χ0n) is 51.2. The van der Waals surface area contributed by atoms with Gasteiger partial charge in [0.05, 0.1) is 40.8 Å². The van der Waals surface area contributed by atoms with Crippen molar-refractivity contribution in [3.63, 3.8) is 0 Å². The zero-order valence-corrected chi connectivity index (χ0v) is 54.5. The Balaban J connectivity index is 0.760. The van der Waals surface area contributed by atoms with Crippen LogP contribution in [0.1, 0.15) is 137 Å². The molecule has 25 heteroatoms. The van der Waals surface area contributed by atoms with E-state index < -0.39 is 61.6 Å². The molecular weight excluding hydrogens is 1230 g/mol. The highest BCUT2D eigenvalue weighted by molar-refractivity contribution is 7.86. The Morgan fingerprint density at radius 1 is 0.700 bits per heavy atom.